The molecule has 0 saturated carbocycles. The van der Waals surface area contributed by atoms with E-state index >= 15 is 0 Å². The standard InChI is InChI=1S/C14H16N4O2/c1-16-7-9-17(10-8-16)12-5-6-15-14-11(12)3-2-4-13(14)18(19)20/h2-6H,7-10H2,1H3/p+2. The number of aromatic nitrogens is 1. The molecule has 1 aromatic heterocycles. The van der Waals surface area contributed by atoms with Gasteiger partial charge in [-0.3, -0.25) is 10.1 Å². The quantitative estimate of drug-likeness (QED) is 0.614. The van der Waals surface area contributed by atoms with E-state index in [1.165, 1.54) is 11.0 Å². The molecule has 1 aromatic carbocycles. The molecule has 0 atom stereocenters. The van der Waals surface area contributed by atoms with Crippen molar-refractivity contribution in [3.05, 3.63) is 40.6 Å². The number of rotatable bonds is 2. The minimum atomic E-state index is -0.337. The highest BCUT2D eigenvalue weighted by molar-refractivity contribution is 5.94. The summed E-state index contributed by atoms with van der Waals surface area (Å²) in [5, 5.41) is 12.0. The van der Waals surface area contributed by atoms with Gasteiger partial charge in [-0.15, -0.1) is 0 Å². The molecule has 0 radical (unpaired) electrons. The number of hydrogen-bond acceptors (Lipinski definition) is 3. The zero-order chi connectivity index (χ0) is 14.1. The molecule has 0 bridgehead atoms. The van der Waals surface area contributed by atoms with Gasteiger partial charge in [0.25, 0.3) is 5.52 Å². The van der Waals surface area contributed by atoms with Crippen molar-refractivity contribution in [2.24, 2.45) is 0 Å². The molecule has 104 valence electrons. The molecular weight excluding hydrogens is 256 g/mol. The Labute approximate surface area is 116 Å². The maximum Gasteiger partial charge on any atom is 0.340 e. The Kier molecular flexibility index (Phi) is 3.23. The lowest BCUT2D eigenvalue weighted by Crippen LogP contribution is -3.12. The number of anilines is 1. The van der Waals surface area contributed by atoms with Gasteiger partial charge in [0.05, 0.1) is 49.2 Å². The van der Waals surface area contributed by atoms with E-state index in [0.29, 0.717) is 5.52 Å². The molecule has 1 fully saturated rings. The van der Waals surface area contributed by atoms with Crippen LogP contribution < -0.4 is 14.8 Å². The Balaban J connectivity index is 2.08. The highest BCUT2D eigenvalue weighted by atomic mass is 16.6. The third-order valence-corrected chi connectivity index (χ3v) is 3.94. The van der Waals surface area contributed by atoms with Gasteiger partial charge >= 0.3 is 5.69 Å². The second-order valence-corrected chi connectivity index (χ2v) is 5.26. The Morgan fingerprint density at radius 2 is 2.05 bits per heavy atom. The van der Waals surface area contributed by atoms with Crippen molar-refractivity contribution in [1.82, 2.24) is 0 Å². The number of para-hydroxylation sites is 1. The summed E-state index contributed by atoms with van der Waals surface area (Å²) in [6, 6.07) is 7.24. The molecule has 3 rings (SSSR count). The predicted molar refractivity (Wildman–Crippen MR) is 76.0 cm³/mol. The van der Waals surface area contributed by atoms with Crippen LogP contribution in [0, 0.1) is 10.1 Å². The molecule has 1 saturated heterocycles. The van der Waals surface area contributed by atoms with Crippen molar-refractivity contribution in [1.29, 1.82) is 0 Å². The molecule has 1 aliphatic heterocycles. The number of benzene rings is 1. The van der Waals surface area contributed by atoms with Gasteiger partial charge in [-0.1, -0.05) is 6.07 Å². The van der Waals surface area contributed by atoms with E-state index in [2.05, 4.69) is 16.9 Å². The molecule has 20 heavy (non-hydrogen) atoms. The van der Waals surface area contributed by atoms with Crippen LogP contribution in [0.4, 0.5) is 11.4 Å². The average molecular weight is 274 g/mol. The van der Waals surface area contributed by atoms with Gasteiger partial charge in [0.15, 0.2) is 6.20 Å². The van der Waals surface area contributed by atoms with E-state index in [0.717, 1.165) is 37.3 Å². The summed E-state index contributed by atoms with van der Waals surface area (Å²) >= 11 is 0. The number of hydrogen-bond donors (Lipinski definition) is 1. The van der Waals surface area contributed by atoms with Crippen LogP contribution in [0.15, 0.2) is 30.5 Å². The van der Waals surface area contributed by atoms with Crippen LogP contribution >= 0.6 is 0 Å². The Bertz CT molecular complexity index is 651. The Hall–Kier alpha value is -2.21. The summed E-state index contributed by atoms with van der Waals surface area (Å²) < 4.78 is 0. The molecule has 6 nitrogen and oxygen atoms in total. The minimum absolute atomic E-state index is 0.129. The fourth-order valence-electron chi connectivity index (χ4n) is 2.76. The first-order chi connectivity index (χ1) is 9.66. The number of quaternary nitrogens is 1. The number of piperazine rings is 1. The van der Waals surface area contributed by atoms with Gasteiger partial charge in [-0.05, 0) is 6.07 Å². The van der Waals surface area contributed by atoms with Crippen molar-refractivity contribution >= 4 is 22.3 Å². The van der Waals surface area contributed by atoms with Gasteiger partial charge in [0, 0.05) is 12.1 Å². The van der Waals surface area contributed by atoms with E-state index in [-0.39, 0.29) is 10.6 Å². The highest BCUT2D eigenvalue weighted by Crippen LogP contribution is 2.29. The Morgan fingerprint density at radius 1 is 1.30 bits per heavy atom. The Morgan fingerprint density at radius 3 is 2.75 bits per heavy atom. The minimum Gasteiger partial charge on any atom is -0.359 e. The average Bonchev–Trinajstić information content (AvgIpc) is 2.47. The number of nitro benzene ring substituents is 1. The van der Waals surface area contributed by atoms with Crippen molar-refractivity contribution in [2.75, 3.05) is 38.1 Å². The topological polar surface area (TPSA) is 65.0 Å². The first-order valence-corrected chi connectivity index (χ1v) is 6.81. The van der Waals surface area contributed by atoms with Crippen molar-refractivity contribution in [3.63, 3.8) is 0 Å². The number of aromatic amines is 1. The van der Waals surface area contributed by atoms with E-state index in [9.17, 15) is 10.1 Å². The van der Waals surface area contributed by atoms with Gasteiger partial charge in [0.1, 0.15) is 0 Å². The van der Waals surface area contributed by atoms with Crippen LogP contribution in [0.2, 0.25) is 0 Å². The number of nitro groups is 1. The first kappa shape index (κ1) is 12.8. The van der Waals surface area contributed by atoms with E-state index in [4.69, 9.17) is 0 Å². The lowest BCUT2D eigenvalue weighted by Gasteiger charge is -2.31. The molecule has 0 aliphatic carbocycles. The number of nitrogens with one attached hydrogen (secondary N) is 2. The zero-order valence-electron chi connectivity index (χ0n) is 11.4. The summed E-state index contributed by atoms with van der Waals surface area (Å²) in [5.41, 5.74) is 1.81. The maximum absolute atomic E-state index is 11.1. The van der Waals surface area contributed by atoms with Crippen LogP contribution in [0.25, 0.3) is 10.9 Å². The molecule has 0 spiro atoms. The summed E-state index contributed by atoms with van der Waals surface area (Å²) in [5.74, 6) is 0. The van der Waals surface area contributed by atoms with Crippen LogP contribution in [0.5, 0.6) is 0 Å². The summed E-state index contributed by atoms with van der Waals surface area (Å²) in [7, 11) is 2.19. The molecule has 2 N–H and O–H groups in total. The highest BCUT2D eigenvalue weighted by Gasteiger charge is 2.24. The maximum atomic E-state index is 11.1. The molecule has 6 heteroatoms. The fourth-order valence-corrected chi connectivity index (χ4v) is 2.76. The molecule has 2 heterocycles. The van der Waals surface area contributed by atoms with E-state index in [1.807, 2.05) is 12.1 Å². The van der Waals surface area contributed by atoms with Gasteiger partial charge in [-0.25, -0.2) is 4.98 Å². The molecule has 1 aliphatic rings. The smallest absolute Gasteiger partial charge is 0.340 e. The number of fused-ring (bicyclic) bond motifs is 1. The van der Waals surface area contributed by atoms with Crippen LogP contribution in [-0.4, -0.2) is 38.2 Å². The van der Waals surface area contributed by atoms with Gasteiger partial charge in [-0.2, -0.15) is 0 Å². The number of likely N-dealkylation sites (N-methyl/N-ethyl adjacent to an activating group) is 1. The molecule has 0 amide bonds. The van der Waals surface area contributed by atoms with Gasteiger partial charge < -0.3 is 9.80 Å². The summed E-state index contributed by atoms with van der Waals surface area (Å²) in [4.78, 5) is 17.6. The van der Waals surface area contributed by atoms with Crippen LogP contribution in [0.3, 0.4) is 0 Å². The number of nitrogens with zero attached hydrogens (tertiary/aromatic N) is 2. The SMILES string of the molecule is C[NH+]1CCN(c2cc[nH+]c3c([N+](=O)[O-])cccc23)CC1. The lowest BCUT2D eigenvalue weighted by atomic mass is 10.1. The second-order valence-electron chi connectivity index (χ2n) is 5.26. The number of H-pyrrole nitrogens is 1. The lowest BCUT2D eigenvalue weighted by molar-refractivity contribution is -0.880. The first-order valence-electron chi connectivity index (χ1n) is 6.81. The fraction of sp³-hybridized carbons (Fsp3) is 0.357. The van der Waals surface area contributed by atoms with Gasteiger partial charge in [0.2, 0.25) is 0 Å². The third-order valence-electron chi connectivity index (χ3n) is 3.94. The van der Waals surface area contributed by atoms with Crippen molar-refractivity contribution in [2.45, 2.75) is 0 Å². The van der Waals surface area contributed by atoms with E-state index < -0.39 is 0 Å². The van der Waals surface area contributed by atoms with Crippen molar-refractivity contribution in [3.8, 4) is 0 Å². The monoisotopic (exact) mass is 274 g/mol. The number of pyridine rings is 1. The predicted octanol–water partition coefficient (Wildman–Crippen LogP) is -0.103. The summed E-state index contributed by atoms with van der Waals surface area (Å²) in [6.45, 7) is 4.14. The summed E-state index contributed by atoms with van der Waals surface area (Å²) in [6.07, 6.45) is 1.79. The number of non-ortho nitro benzene ring substituents is 1. The largest absolute Gasteiger partial charge is 0.359 e. The van der Waals surface area contributed by atoms with Crippen LogP contribution in [-0.2, 0) is 0 Å². The molecular formula is C14H18N4O2+2. The third kappa shape index (κ3) is 2.18. The molecule has 0 unspecified atom stereocenters. The molecule has 2 aromatic rings. The normalized spacial score (nSPS) is 16.6. The zero-order valence-corrected chi connectivity index (χ0v) is 11.4. The van der Waals surface area contributed by atoms with Crippen molar-refractivity contribution < 1.29 is 14.8 Å². The van der Waals surface area contributed by atoms with Crippen LogP contribution in [0.1, 0.15) is 0 Å². The second kappa shape index (κ2) is 5.05. The van der Waals surface area contributed by atoms with E-state index in [1.54, 1.807) is 12.3 Å².